The minimum atomic E-state index is -0.651. The summed E-state index contributed by atoms with van der Waals surface area (Å²) < 4.78 is 0. The largest absolute Gasteiger partial charge is 0.376 e. The maximum absolute atomic E-state index is 13.0. The number of carbonyl (C=O) groups is 1. The van der Waals surface area contributed by atoms with Crippen molar-refractivity contribution in [3.63, 3.8) is 0 Å². The van der Waals surface area contributed by atoms with Crippen LogP contribution in [0.4, 0.5) is 5.69 Å². The maximum Gasteiger partial charge on any atom is 0.326 e. The molecule has 1 aromatic carbocycles. The minimum Gasteiger partial charge on any atom is -0.376 e. The zero-order valence-electron chi connectivity index (χ0n) is 17.7. The van der Waals surface area contributed by atoms with Gasteiger partial charge in [-0.3, -0.25) is 14.6 Å². The minimum absolute atomic E-state index is 0.0468. The molecular weight excluding hydrogens is 392 g/mol. The van der Waals surface area contributed by atoms with E-state index in [-0.39, 0.29) is 29.4 Å². The number of benzene rings is 1. The first-order chi connectivity index (χ1) is 15.1. The standard InChI is InChI=1S/C24H30N4O3/c29-22(25-18-10-8-16(9-11-18)15-4-2-1-3-5-15)21-20(23(30)28-24(31)27-21)26-19-13-14-6-7-17(19)12-14/h1-5,14,16-19,26H,6-13H2,(H,25,29)(H2,27,28,30,31)/t14-,16?,17+,18?,19+/m0/s1. The summed E-state index contributed by atoms with van der Waals surface area (Å²) in [5.74, 6) is 1.39. The van der Waals surface area contributed by atoms with Crippen LogP contribution in [0.15, 0.2) is 39.9 Å². The summed E-state index contributed by atoms with van der Waals surface area (Å²) in [5.41, 5.74) is 0.434. The third-order valence-corrected chi connectivity index (χ3v) is 7.57. The van der Waals surface area contributed by atoms with E-state index in [1.165, 1.54) is 18.4 Å². The second-order valence-corrected chi connectivity index (χ2v) is 9.52. The molecule has 1 amide bonds. The van der Waals surface area contributed by atoms with E-state index >= 15 is 0 Å². The van der Waals surface area contributed by atoms with Gasteiger partial charge in [-0.15, -0.1) is 0 Å². The summed E-state index contributed by atoms with van der Waals surface area (Å²) in [6.07, 6.45) is 8.41. The lowest BCUT2D eigenvalue weighted by atomic mass is 9.82. The molecule has 7 heteroatoms. The number of H-pyrrole nitrogens is 2. The van der Waals surface area contributed by atoms with E-state index in [0.717, 1.165) is 38.5 Å². The number of amides is 1. The van der Waals surface area contributed by atoms with Gasteiger partial charge < -0.3 is 15.6 Å². The van der Waals surface area contributed by atoms with Gasteiger partial charge in [-0.25, -0.2) is 4.79 Å². The summed E-state index contributed by atoms with van der Waals surface area (Å²) in [6.45, 7) is 0. The van der Waals surface area contributed by atoms with Gasteiger partial charge in [-0.2, -0.15) is 0 Å². The second-order valence-electron chi connectivity index (χ2n) is 9.52. The Morgan fingerprint density at radius 2 is 1.68 bits per heavy atom. The average molecular weight is 423 g/mol. The molecule has 5 rings (SSSR count). The molecule has 4 N–H and O–H groups in total. The van der Waals surface area contributed by atoms with E-state index in [1.54, 1.807) is 0 Å². The molecule has 3 aliphatic rings. The van der Waals surface area contributed by atoms with Gasteiger partial charge in [0.1, 0.15) is 11.4 Å². The molecule has 31 heavy (non-hydrogen) atoms. The van der Waals surface area contributed by atoms with Crippen molar-refractivity contribution in [3.8, 4) is 0 Å². The summed E-state index contributed by atoms with van der Waals surface area (Å²) >= 11 is 0. The zero-order chi connectivity index (χ0) is 21.4. The van der Waals surface area contributed by atoms with E-state index in [9.17, 15) is 14.4 Å². The topological polar surface area (TPSA) is 107 Å². The van der Waals surface area contributed by atoms with Gasteiger partial charge >= 0.3 is 5.69 Å². The Labute approximate surface area is 181 Å². The van der Waals surface area contributed by atoms with Gasteiger partial charge in [0.15, 0.2) is 0 Å². The predicted octanol–water partition coefficient (Wildman–Crippen LogP) is 3.12. The molecule has 3 fully saturated rings. The molecule has 1 aromatic heterocycles. The van der Waals surface area contributed by atoms with Crippen LogP contribution in [0.25, 0.3) is 0 Å². The van der Waals surface area contributed by atoms with Crippen LogP contribution in [0.2, 0.25) is 0 Å². The van der Waals surface area contributed by atoms with Crippen molar-refractivity contribution in [1.82, 2.24) is 15.3 Å². The molecule has 1 heterocycles. The third kappa shape index (κ3) is 4.18. The van der Waals surface area contributed by atoms with E-state index < -0.39 is 11.2 Å². The number of rotatable bonds is 5. The highest BCUT2D eigenvalue weighted by molar-refractivity contribution is 5.97. The fraction of sp³-hybridized carbons (Fsp3) is 0.542. The molecule has 0 aliphatic heterocycles. The maximum atomic E-state index is 13.0. The Morgan fingerprint density at radius 3 is 2.35 bits per heavy atom. The van der Waals surface area contributed by atoms with Crippen LogP contribution < -0.4 is 21.9 Å². The Kier molecular flexibility index (Phi) is 5.42. The van der Waals surface area contributed by atoms with Crippen molar-refractivity contribution < 1.29 is 4.79 Å². The number of aromatic nitrogens is 2. The normalized spacial score (nSPS) is 29.6. The van der Waals surface area contributed by atoms with Gasteiger partial charge in [0.05, 0.1) is 0 Å². The van der Waals surface area contributed by atoms with Gasteiger partial charge in [-0.1, -0.05) is 36.8 Å². The van der Waals surface area contributed by atoms with Crippen LogP contribution in [0.5, 0.6) is 0 Å². The van der Waals surface area contributed by atoms with Crippen LogP contribution in [-0.2, 0) is 0 Å². The highest BCUT2D eigenvalue weighted by Crippen LogP contribution is 2.45. The third-order valence-electron chi connectivity index (χ3n) is 7.57. The molecule has 0 radical (unpaired) electrons. The lowest BCUT2D eigenvalue weighted by Crippen LogP contribution is -2.41. The van der Waals surface area contributed by atoms with Gasteiger partial charge in [0.2, 0.25) is 0 Å². The zero-order valence-corrected chi connectivity index (χ0v) is 17.7. The van der Waals surface area contributed by atoms with Crippen LogP contribution >= 0.6 is 0 Å². The van der Waals surface area contributed by atoms with Crippen LogP contribution in [0.1, 0.15) is 73.3 Å². The fourth-order valence-electron chi connectivity index (χ4n) is 5.96. The summed E-state index contributed by atoms with van der Waals surface area (Å²) in [4.78, 5) is 42.3. The first-order valence-electron chi connectivity index (χ1n) is 11.6. The molecule has 7 nitrogen and oxygen atoms in total. The van der Waals surface area contributed by atoms with Crippen molar-refractivity contribution in [2.45, 2.75) is 69.4 Å². The molecule has 2 bridgehead atoms. The van der Waals surface area contributed by atoms with Crippen molar-refractivity contribution in [1.29, 1.82) is 0 Å². The molecule has 164 valence electrons. The van der Waals surface area contributed by atoms with Crippen LogP contribution in [-0.4, -0.2) is 28.0 Å². The molecule has 0 spiro atoms. The highest BCUT2D eigenvalue weighted by atomic mass is 16.2. The quantitative estimate of drug-likeness (QED) is 0.594. The number of hydrogen-bond acceptors (Lipinski definition) is 4. The van der Waals surface area contributed by atoms with Crippen molar-refractivity contribution >= 4 is 11.6 Å². The lowest BCUT2D eigenvalue weighted by Gasteiger charge is -2.29. The summed E-state index contributed by atoms with van der Waals surface area (Å²) in [7, 11) is 0. The molecule has 0 saturated heterocycles. The molecule has 2 aromatic rings. The van der Waals surface area contributed by atoms with E-state index in [4.69, 9.17) is 0 Å². The van der Waals surface area contributed by atoms with Gasteiger partial charge in [0, 0.05) is 12.1 Å². The number of fused-ring (bicyclic) bond motifs is 2. The Morgan fingerprint density at radius 1 is 0.903 bits per heavy atom. The monoisotopic (exact) mass is 422 g/mol. The molecular formula is C24H30N4O3. The van der Waals surface area contributed by atoms with Crippen molar-refractivity contribution in [2.24, 2.45) is 11.8 Å². The SMILES string of the molecule is O=C(NC1CCC(c2ccccc2)CC1)c1[nH]c(=O)[nH]c(=O)c1N[C@@H]1C[C@H]2CC[C@@H]1C2. The van der Waals surface area contributed by atoms with E-state index in [2.05, 4.69) is 44.9 Å². The van der Waals surface area contributed by atoms with Gasteiger partial charge in [0.25, 0.3) is 11.5 Å². The fourth-order valence-corrected chi connectivity index (χ4v) is 5.96. The smallest absolute Gasteiger partial charge is 0.326 e. The van der Waals surface area contributed by atoms with Crippen molar-refractivity contribution in [3.05, 3.63) is 62.4 Å². The summed E-state index contributed by atoms with van der Waals surface area (Å²) in [6, 6.07) is 10.7. The van der Waals surface area contributed by atoms with E-state index in [1.807, 2.05) is 6.07 Å². The molecule has 3 atom stereocenters. The highest BCUT2D eigenvalue weighted by Gasteiger charge is 2.40. The number of aromatic amines is 2. The second kappa shape index (κ2) is 8.36. The van der Waals surface area contributed by atoms with Crippen LogP contribution in [0, 0.1) is 11.8 Å². The number of hydrogen-bond donors (Lipinski definition) is 4. The first-order valence-corrected chi connectivity index (χ1v) is 11.6. The Bertz CT molecular complexity index is 1050. The Hall–Kier alpha value is -2.83. The molecule has 0 unspecified atom stereocenters. The molecule has 3 saturated carbocycles. The van der Waals surface area contributed by atoms with Crippen molar-refractivity contribution in [2.75, 3.05) is 5.32 Å². The van der Waals surface area contributed by atoms with Crippen LogP contribution in [0.3, 0.4) is 0 Å². The number of anilines is 1. The average Bonchev–Trinajstić information content (AvgIpc) is 3.40. The summed E-state index contributed by atoms with van der Waals surface area (Å²) in [5, 5.41) is 6.37. The Balaban J connectivity index is 1.27. The number of nitrogens with one attached hydrogen (secondary N) is 4. The molecule has 3 aliphatic carbocycles. The lowest BCUT2D eigenvalue weighted by molar-refractivity contribution is 0.0921. The number of carbonyl (C=O) groups excluding carboxylic acids is 1. The first kappa shape index (κ1) is 20.1. The van der Waals surface area contributed by atoms with E-state index in [0.29, 0.717) is 17.8 Å². The predicted molar refractivity (Wildman–Crippen MR) is 119 cm³/mol. The van der Waals surface area contributed by atoms with Gasteiger partial charge in [-0.05, 0) is 68.3 Å².